The zero-order valence-electron chi connectivity index (χ0n) is 20.9. The lowest BCUT2D eigenvalue weighted by molar-refractivity contribution is -0.108. The fourth-order valence-corrected chi connectivity index (χ4v) is 9.26. The van der Waals surface area contributed by atoms with E-state index in [0.29, 0.717) is 23.5 Å². The molecule has 2 aromatic carbocycles. The Kier molecular flexibility index (Phi) is 5.88. The fraction of sp³-hybridized carbons (Fsp3) is 0.613. The van der Waals surface area contributed by atoms with E-state index in [4.69, 9.17) is 16.3 Å². The van der Waals surface area contributed by atoms with Crippen LogP contribution < -0.4 is 4.74 Å². The number of phenolic OH excluding ortho intramolecular Hbond substituents is 1. The minimum Gasteiger partial charge on any atom is -0.508 e. The summed E-state index contributed by atoms with van der Waals surface area (Å²) in [5.41, 5.74) is 3.81. The first-order valence-electron chi connectivity index (χ1n) is 13.7. The van der Waals surface area contributed by atoms with E-state index in [2.05, 4.69) is 37.3 Å². The maximum Gasteiger partial charge on any atom is 0.119 e. The highest BCUT2D eigenvalue weighted by Crippen LogP contribution is 2.79. The summed E-state index contributed by atoms with van der Waals surface area (Å²) in [6.45, 7) is 3.15. The highest BCUT2D eigenvalue weighted by atomic mass is 35.5. The van der Waals surface area contributed by atoms with Crippen LogP contribution in [0.25, 0.3) is 0 Å². The Hall–Kier alpha value is -1.71. The Balaban J connectivity index is 1.34. The van der Waals surface area contributed by atoms with Gasteiger partial charge in [0.05, 0.1) is 12.2 Å². The van der Waals surface area contributed by atoms with Crippen molar-refractivity contribution in [3.8, 4) is 11.5 Å². The van der Waals surface area contributed by atoms with Gasteiger partial charge in [0.15, 0.2) is 0 Å². The van der Waals surface area contributed by atoms with E-state index in [-0.39, 0.29) is 10.8 Å². The number of hydrogen-bond acceptors (Lipinski definition) is 3. The van der Waals surface area contributed by atoms with E-state index in [0.717, 1.165) is 82.4 Å². The van der Waals surface area contributed by atoms with E-state index in [1.165, 1.54) is 16.7 Å². The van der Waals surface area contributed by atoms with Crippen LogP contribution in [0.15, 0.2) is 42.5 Å². The highest BCUT2D eigenvalue weighted by molar-refractivity contribution is 6.17. The van der Waals surface area contributed by atoms with Crippen molar-refractivity contribution < 1.29 is 14.9 Å². The molecule has 6 rings (SSSR count). The van der Waals surface area contributed by atoms with E-state index in [1.807, 2.05) is 12.1 Å². The van der Waals surface area contributed by atoms with Crippen molar-refractivity contribution in [1.82, 2.24) is 0 Å². The number of alkyl halides is 1. The third-order valence-corrected chi connectivity index (χ3v) is 11.1. The number of halogens is 1. The number of ether oxygens (including phenoxy) is 1. The first-order chi connectivity index (χ1) is 16.9. The molecule has 0 unspecified atom stereocenters. The summed E-state index contributed by atoms with van der Waals surface area (Å²) < 4.78 is 6.01. The predicted octanol–water partition coefficient (Wildman–Crippen LogP) is 7.33. The first-order valence-corrected chi connectivity index (χ1v) is 14.3. The molecule has 4 heteroatoms. The average Bonchev–Trinajstić information content (AvgIpc) is 3.23. The Morgan fingerprint density at radius 1 is 1.00 bits per heavy atom. The van der Waals surface area contributed by atoms with E-state index in [9.17, 15) is 10.2 Å². The summed E-state index contributed by atoms with van der Waals surface area (Å²) in [7, 11) is 0. The molecule has 35 heavy (non-hydrogen) atoms. The number of rotatable bonds is 7. The Morgan fingerprint density at radius 3 is 2.51 bits per heavy atom. The number of benzene rings is 2. The van der Waals surface area contributed by atoms with Crippen LogP contribution in [0.5, 0.6) is 11.5 Å². The summed E-state index contributed by atoms with van der Waals surface area (Å²) in [5.74, 6) is 3.41. The van der Waals surface area contributed by atoms with Gasteiger partial charge in [-0.1, -0.05) is 25.1 Å². The molecule has 0 aliphatic heterocycles. The molecule has 2 bridgehead atoms. The van der Waals surface area contributed by atoms with Gasteiger partial charge in [0.2, 0.25) is 0 Å². The van der Waals surface area contributed by atoms with Crippen LogP contribution in [-0.2, 0) is 6.42 Å². The van der Waals surface area contributed by atoms with Gasteiger partial charge in [-0.25, -0.2) is 0 Å². The molecule has 0 saturated heterocycles. The summed E-state index contributed by atoms with van der Waals surface area (Å²) in [6.07, 6.45) is 10.6. The molecule has 188 valence electrons. The van der Waals surface area contributed by atoms with Crippen LogP contribution in [0.4, 0.5) is 0 Å². The molecule has 3 nitrogen and oxygen atoms in total. The Bertz CT molecular complexity index is 1070. The van der Waals surface area contributed by atoms with Crippen molar-refractivity contribution in [2.75, 3.05) is 12.5 Å². The number of aromatic hydroxyl groups is 1. The molecule has 0 radical (unpaired) electrons. The van der Waals surface area contributed by atoms with Gasteiger partial charge in [0.1, 0.15) is 11.5 Å². The van der Waals surface area contributed by atoms with Crippen molar-refractivity contribution in [3.05, 3.63) is 59.2 Å². The van der Waals surface area contributed by atoms with Crippen LogP contribution in [0.2, 0.25) is 0 Å². The lowest BCUT2D eigenvalue weighted by Gasteiger charge is -2.59. The average molecular weight is 495 g/mol. The van der Waals surface area contributed by atoms with E-state index in [1.54, 1.807) is 0 Å². The maximum absolute atomic E-state index is 11.8. The van der Waals surface area contributed by atoms with Crippen LogP contribution in [0.3, 0.4) is 0 Å². The molecule has 3 fully saturated rings. The van der Waals surface area contributed by atoms with Gasteiger partial charge in [-0.2, -0.15) is 0 Å². The molecule has 2 aromatic rings. The molecule has 4 atom stereocenters. The summed E-state index contributed by atoms with van der Waals surface area (Å²) in [5, 5.41) is 22.0. The van der Waals surface area contributed by atoms with Crippen molar-refractivity contribution >= 4 is 11.6 Å². The van der Waals surface area contributed by atoms with Crippen molar-refractivity contribution in [2.45, 2.75) is 88.6 Å². The van der Waals surface area contributed by atoms with Crippen molar-refractivity contribution in [1.29, 1.82) is 0 Å². The van der Waals surface area contributed by atoms with E-state index >= 15 is 0 Å². The smallest absolute Gasteiger partial charge is 0.119 e. The van der Waals surface area contributed by atoms with Gasteiger partial charge >= 0.3 is 0 Å². The molecule has 4 aliphatic carbocycles. The summed E-state index contributed by atoms with van der Waals surface area (Å²) >= 11 is 5.78. The summed E-state index contributed by atoms with van der Waals surface area (Å²) in [4.78, 5) is 0. The number of phenols is 1. The first kappa shape index (κ1) is 23.7. The molecule has 4 aliphatic rings. The second kappa shape index (κ2) is 8.70. The summed E-state index contributed by atoms with van der Waals surface area (Å²) in [6, 6.07) is 14.9. The zero-order valence-corrected chi connectivity index (χ0v) is 21.7. The SMILES string of the molecule is C[C@]12C[C@H](c3ccc(OCCCCCCl)cc3)[C@@H]3c4ccc(O)cc4CC[C@H]3C13CCC2(O)CC3. The fourth-order valence-electron chi connectivity index (χ4n) is 9.07. The predicted molar refractivity (Wildman–Crippen MR) is 140 cm³/mol. The molecular formula is C31H39ClO3. The van der Waals surface area contributed by atoms with Gasteiger partial charge in [0.25, 0.3) is 0 Å². The topological polar surface area (TPSA) is 49.7 Å². The van der Waals surface area contributed by atoms with E-state index < -0.39 is 5.60 Å². The third-order valence-electron chi connectivity index (χ3n) is 10.9. The second-order valence-electron chi connectivity index (χ2n) is 12.1. The normalized spacial score (nSPS) is 36.9. The zero-order chi connectivity index (χ0) is 24.3. The molecule has 0 spiro atoms. The molecular weight excluding hydrogens is 456 g/mol. The molecule has 0 aromatic heterocycles. The lowest BCUT2D eigenvalue weighted by atomic mass is 9.45. The molecule has 0 heterocycles. The Morgan fingerprint density at radius 2 is 1.77 bits per heavy atom. The van der Waals surface area contributed by atoms with Gasteiger partial charge < -0.3 is 14.9 Å². The number of unbranched alkanes of at least 4 members (excludes halogenated alkanes) is 2. The van der Waals surface area contributed by atoms with Crippen molar-refractivity contribution in [2.24, 2.45) is 16.7 Å². The maximum atomic E-state index is 11.8. The van der Waals surface area contributed by atoms with Gasteiger partial charge in [-0.3, -0.25) is 0 Å². The number of fused-ring (bicyclic) bond motifs is 3. The molecule has 0 amide bonds. The van der Waals surface area contributed by atoms with Gasteiger partial charge in [-0.15, -0.1) is 11.6 Å². The third kappa shape index (κ3) is 3.48. The Labute approximate surface area is 214 Å². The number of aryl methyl sites for hydroxylation is 1. The lowest BCUT2D eigenvalue weighted by Crippen LogP contribution is -2.54. The minimum atomic E-state index is -0.516. The van der Waals surface area contributed by atoms with Crippen LogP contribution in [0, 0.1) is 16.7 Å². The van der Waals surface area contributed by atoms with Crippen LogP contribution in [-0.4, -0.2) is 28.3 Å². The number of aliphatic hydroxyl groups is 1. The quantitative estimate of drug-likeness (QED) is 0.313. The monoisotopic (exact) mass is 494 g/mol. The standard InChI is InChI=1S/C31H39ClO3/c1-29-20-26(21-5-9-24(10-6-21)35-18-4-2-3-17-32)28-25-11-8-23(33)19-22(25)7-12-27(28)30(29)13-15-31(29,34)16-14-30/h5-6,8-11,19,26-28,33-34H,2-4,7,12-18,20H2,1H3/t26-,27-,28+,29+,30?,31?/m1/s1. The highest BCUT2D eigenvalue weighted by Gasteiger charge is 2.74. The second-order valence-corrected chi connectivity index (χ2v) is 12.4. The largest absolute Gasteiger partial charge is 0.508 e. The molecule has 2 N–H and O–H groups in total. The minimum absolute atomic E-state index is 0.0299. The van der Waals surface area contributed by atoms with Crippen LogP contribution >= 0.6 is 11.6 Å². The van der Waals surface area contributed by atoms with Gasteiger partial charge in [-0.05, 0) is 128 Å². The molecule has 3 saturated carbocycles. The number of hydrogen-bond donors (Lipinski definition) is 2. The van der Waals surface area contributed by atoms with Gasteiger partial charge in [0, 0.05) is 11.3 Å². The van der Waals surface area contributed by atoms with Crippen molar-refractivity contribution in [3.63, 3.8) is 0 Å². The van der Waals surface area contributed by atoms with Crippen LogP contribution in [0.1, 0.15) is 93.2 Å².